The molecule has 2 saturated carbocycles. The molecule has 2 heterocycles. The van der Waals surface area contributed by atoms with Crippen LogP contribution < -0.4 is 10.4 Å². The lowest BCUT2D eigenvalue weighted by Crippen LogP contribution is -2.67. The Balaban J connectivity index is 1.46. The highest BCUT2D eigenvalue weighted by atomic mass is 28.4. The SMILES string of the molecule is C=C1[C@]2(C)CC[C@@]3(CC[C@@H](CCO[Si](c4ccccc4)(c4ccccc4)C(C)(C)C)[C@]13C)OC2=O. The molecular formula is C31H40O3Si. The first kappa shape index (κ1) is 24.5. The molecule has 0 amide bonds. The maximum absolute atomic E-state index is 12.8. The highest BCUT2D eigenvalue weighted by Gasteiger charge is 2.71. The van der Waals surface area contributed by atoms with E-state index in [4.69, 9.17) is 9.16 Å². The number of ether oxygens (including phenoxy) is 1. The molecule has 6 rings (SSSR count). The van der Waals surface area contributed by atoms with Gasteiger partial charge in [0.15, 0.2) is 0 Å². The van der Waals surface area contributed by atoms with Gasteiger partial charge in [-0.3, -0.25) is 4.79 Å². The minimum atomic E-state index is -2.56. The summed E-state index contributed by atoms with van der Waals surface area (Å²) in [5.41, 5.74) is 0.00205. The topological polar surface area (TPSA) is 35.5 Å². The first-order valence-corrected chi connectivity index (χ1v) is 15.1. The van der Waals surface area contributed by atoms with Crippen molar-refractivity contribution in [3.63, 3.8) is 0 Å². The number of benzene rings is 2. The highest BCUT2D eigenvalue weighted by Crippen LogP contribution is 2.70. The fourth-order valence-corrected chi connectivity index (χ4v) is 12.3. The molecule has 2 aromatic carbocycles. The smallest absolute Gasteiger partial charge is 0.316 e. The number of fused-ring (bicyclic) bond motifs is 2. The largest absolute Gasteiger partial charge is 0.457 e. The molecule has 3 nitrogen and oxygen atoms in total. The van der Waals surface area contributed by atoms with Crippen molar-refractivity contribution in [2.75, 3.05) is 6.61 Å². The first-order valence-electron chi connectivity index (χ1n) is 13.2. The summed E-state index contributed by atoms with van der Waals surface area (Å²) >= 11 is 0. The van der Waals surface area contributed by atoms with E-state index in [0.29, 0.717) is 12.5 Å². The number of hydrogen-bond donors (Lipinski definition) is 0. The Morgan fingerprint density at radius 1 is 0.971 bits per heavy atom. The standard InChI is InChI=1S/C31H40O3Si/c1-23-29(5)20-21-31(34-27(29)32)19-17-24(30(23,31)6)18-22-33-35(28(2,3)4,25-13-9-7-10-14-25)26-15-11-8-12-16-26/h7-16,24H,1,17-22H2,2-6H3/t24-,29-,30-,31+/m0/s1. The maximum Gasteiger partial charge on any atom is 0.316 e. The summed E-state index contributed by atoms with van der Waals surface area (Å²) in [5.74, 6) is 0.344. The molecule has 0 N–H and O–H groups in total. The summed E-state index contributed by atoms with van der Waals surface area (Å²) in [5, 5.41) is 2.60. The summed E-state index contributed by atoms with van der Waals surface area (Å²) in [6.45, 7) is 16.6. The first-order chi connectivity index (χ1) is 16.5. The number of rotatable bonds is 6. The molecule has 0 aromatic heterocycles. The van der Waals surface area contributed by atoms with Crippen LogP contribution in [0.1, 0.15) is 66.7 Å². The van der Waals surface area contributed by atoms with E-state index in [0.717, 1.165) is 37.7 Å². The third kappa shape index (κ3) is 3.29. The summed E-state index contributed by atoms with van der Waals surface area (Å²) in [6.07, 6.45) is 4.77. The second-order valence-electron chi connectivity index (χ2n) is 12.4. The minimum absolute atomic E-state index is 0.0347. The van der Waals surface area contributed by atoms with Gasteiger partial charge in [-0.15, -0.1) is 0 Å². The summed E-state index contributed by atoms with van der Waals surface area (Å²) in [4.78, 5) is 12.8. The molecule has 186 valence electrons. The van der Waals surface area contributed by atoms with Gasteiger partial charge in [-0.25, -0.2) is 0 Å². The number of carbonyl (C=O) groups excluding carboxylic acids is 1. The van der Waals surface area contributed by atoms with Gasteiger partial charge in [-0.1, -0.05) is 101 Å². The molecule has 2 aliphatic heterocycles. The van der Waals surface area contributed by atoms with Crippen molar-refractivity contribution in [2.45, 2.75) is 77.4 Å². The van der Waals surface area contributed by atoms with Gasteiger partial charge in [-0.05, 0) is 60.4 Å². The quantitative estimate of drug-likeness (QED) is 0.283. The zero-order valence-corrected chi connectivity index (χ0v) is 23.0. The Morgan fingerprint density at radius 2 is 1.54 bits per heavy atom. The minimum Gasteiger partial charge on any atom is -0.457 e. The summed E-state index contributed by atoms with van der Waals surface area (Å²) in [7, 11) is -2.56. The molecule has 2 bridgehead atoms. The Morgan fingerprint density at radius 3 is 2.06 bits per heavy atom. The van der Waals surface area contributed by atoms with Gasteiger partial charge in [0.05, 0.1) is 5.41 Å². The fourth-order valence-electron chi connectivity index (χ4n) is 7.68. The fraction of sp³-hybridized carbons (Fsp3) is 0.516. The van der Waals surface area contributed by atoms with E-state index in [-0.39, 0.29) is 22.0 Å². The summed E-state index contributed by atoms with van der Waals surface area (Å²) < 4.78 is 13.4. The van der Waals surface area contributed by atoms with Crippen LogP contribution in [0.25, 0.3) is 0 Å². The molecule has 0 unspecified atom stereocenters. The van der Waals surface area contributed by atoms with Crippen LogP contribution in [0, 0.1) is 16.7 Å². The Labute approximate surface area is 212 Å². The van der Waals surface area contributed by atoms with E-state index in [1.165, 1.54) is 10.4 Å². The van der Waals surface area contributed by atoms with E-state index in [1.807, 2.05) is 6.92 Å². The van der Waals surface area contributed by atoms with E-state index in [9.17, 15) is 4.79 Å². The van der Waals surface area contributed by atoms with E-state index < -0.39 is 13.7 Å². The van der Waals surface area contributed by atoms with Crippen molar-refractivity contribution in [3.05, 3.63) is 72.8 Å². The van der Waals surface area contributed by atoms with Crippen molar-refractivity contribution in [1.82, 2.24) is 0 Å². The average molecular weight is 489 g/mol. The van der Waals surface area contributed by atoms with Crippen LogP contribution in [0.3, 0.4) is 0 Å². The van der Waals surface area contributed by atoms with Crippen molar-refractivity contribution >= 4 is 24.7 Å². The van der Waals surface area contributed by atoms with Gasteiger partial charge in [-0.2, -0.15) is 0 Å². The van der Waals surface area contributed by atoms with Gasteiger partial charge in [0.2, 0.25) is 0 Å². The summed E-state index contributed by atoms with van der Waals surface area (Å²) in [6, 6.07) is 21.7. The Bertz CT molecular complexity index is 1080. The molecular weight excluding hydrogens is 448 g/mol. The molecule has 4 atom stereocenters. The van der Waals surface area contributed by atoms with Crippen LogP contribution >= 0.6 is 0 Å². The van der Waals surface area contributed by atoms with Crippen LogP contribution in [-0.4, -0.2) is 26.5 Å². The Kier molecular flexibility index (Phi) is 5.73. The monoisotopic (exact) mass is 488 g/mol. The lowest BCUT2D eigenvalue weighted by atomic mass is 9.50. The number of esters is 1. The van der Waals surface area contributed by atoms with Gasteiger partial charge >= 0.3 is 5.97 Å². The van der Waals surface area contributed by atoms with E-state index in [2.05, 4.69) is 94.9 Å². The van der Waals surface area contributed by atoms with Crippen molar-refractivity contribution in [3.8, 4) is 0 Å². The second kappa shape index (κ2) is 8.17. The lowest BCUT2D eigenvalue weighted by Gasteiger charge is -2.60. The lowest BCUT2D eigenvalue weighted by molar-refractivity contribution is -0.214. The van der Waals surface area contributed by atoms with Crippen molar-refractivity contribution in [2.24, 2.45) is 16.7 Å². The zero-order valence-electron chi connectivity index (χ0n) is 22.0. The molecule has 0 radical (unpaired) electrons. The number of carbonyl (C=O) groups is 1. The molecule has 4 fully saturated rings. The average Bonchev–Trinajstić information content (AvgIpc) is 3.12. The van der Waals surface area contributed by atoms with Crippen molar-refractivity contribution < 1.29 is 14.0 Å². The van der Waals surface area contributed by atoms with Crippen LogP contribution in [0.5, 0.6) is 0 Å². The molecule has 4 heteroatoms. The van der Waals surface area contributed by atoms with Gasteiger partial charge in [0.1, 0.15) is 5.60 Å². The molecule has 2 saturated heterocycles. The van der Waals surface area contributed by atoms with Gasteiger partial charge < -0.3 is 9.16 Å². The molecule has 2 aliphatic carbocycles. The highest BCUT2D eigenvalue weighted by molar-refractivity contribution is 6.99. The second-order valence-corrected chi connectivity index (χ2v) is 16.7. The van der Waals surface area contributed by atoms with Crippen LogP contribution in [0.2, 0.25) is 5.04 Å². The van der Waals surface area contributed by atoms with Crippen LogP contribution in [-0.2, 0) is 14.0 Å². The third-order valence-corrected chi connectivity index (χ3v) is 15.0. The van der Waals surface area contributed by atoms with Crippen molar-refractivity contribution in [1.29, 1.82) is 0 Å². The van der Waals surface area contributed by atoms with Gasteiger partial charge in [0.25, 0.3) is 8.32 Å². The van der Waals surface area contributed by atoms with E-state index in [1.54, 1.807) is 0 Å². The molecule has 4 aliphatic rings. The maximum atomic E-state index is 12.8. The van der Waals surface area contributed by atoms with Gasteiger partial charge in [0, 0.05) is 12.0 Å². The molecule has 1 spiro atoms. The molecule has 2 aromatic rings. The number of hydrogen-bond acceptors (Lipinski definition) is 3. The Hall–Kier alpha value is -2.17. The normalized spacial score (nSPS) is 32.4. The zero-order chi connectivity index (χ0) is 25.1. The van der Waals surface area contributed by atoms with E-state index >= 15 is 0 Å². The van der Waals surface area contributed by atoms with Crippen LogP contribution in [0.4, 0.5) is 0 Å². The third-order valence-electron chi connectivity index (χ3n) is 9.92. The predicted octanol–water partition coefficient (Wildman–Crippen LogP) is 6.02. The van der Waals surface area contributed by atoms with Crippen LogP contribution in [0.15, 0.2) is 72.8 Å². The predicted molar refractivity (Wildman–Crippen MR) is 144 cm³/mol. The molecule has 35 heavy (non-hydrogen) atoms.